The molecule has 2 nitrogen and oxygen atoms in total. The fraction of sp³-hybridized carbons (Fsp3) is 0.250. The van der Waals surface area contributed by atoms with Crippen LogP contribution in [0.2, 0.25) is 0 Å². The molecule has 1 saturated carbocycles. The topological polar surface area (TPSA) is 38.0 Å². The minimum Gasteiger partial charge on any atom is -0.399 e. The summed E-state index contributed by atoms with van der Waals surface area (Å²) in [6.07, 6.45) is 1.25. The molecule has 0 spiro atoms. The van der Waals surface area contributed by atoms with Crippen LogP contribution in [0.25, 0.3) is 0 Å². The number of nitrogen functional groups attached to an aromatic ring is 1. The lowest BCUT2D eigenvalue weighted by Gasteiger charge is -2.05. The molecule has 2 unspecified atom stereocenters. The average molecular weight is 238 g/mol. The summed E-state index contributed by atoms with van der Waals surface area (Å²) in [7, 11) is 0. The summed E-state index contributed by atoms with van der Waals surface area (Å²) in [4.78, 5) is 0. The van der Waals surface area contributed by atoms with Crippen molar-refractivity contribution >= 4 is 5.69 Å². The third-order valence-electron chi connectivity index (χ3n) is 3.57. The van der Waals surface area contributed by atoms with E-state index in [-0.39, 0.29) is 0 Å². The second-order valence-corrected chi connectivity index (χ2v) is 4.98. The highest BCUT2D eigenvalue weighted by Gasteiger charge is 2.37. The Balaban J connectivity index is 1.53. The van der Waals surface area contributed by atoms with Crippen molar-refractivity contribution in [3.05, 3.63) is 65.7 Å². The quantitative estimate of drug-likeness (QED) is 0.804. The van der Waals surface area contributed by atoms with Crippen molar-refractivity contribution in [1.82, 2.24) is 5.32 Å². The minimum atomic E-state index is 0.630. The molecule has 18 heavy (non-hydrogen) atoms. The molecule has 92 valence electrons. The van der Waals surface area contributed by atoms with Gasteiger partial charge >= 0.3 is 0 Å². The molecule has 0 bridgehead atoms. The van der Waals surface area contributed by atoms with Gasteiger partial charge in [-0.2, -0.15) is 0 Å². The van der Waals surface area contributed by atoms with Crippen molar-refractivity contribution in [2.75, 3.05) is 5.73 Å². The van der Waals surface area contributed by atoms with Gasteiger partial charge in [0, 0.05) is 24.2 Å². The predicted octanol–water partition coefficient (Wildman–Crippen LogP) is 2.91. The second-order valence-electron chi connectivity index (χ2n) is 4.98. The molecule has 1 aliphatic rings. The maximum Gasteiger partial charge on any atom is 0.0314 e. The SMILES string of the molecule is Nc1ccc(CNC2CC2c2ccccc2)cc1. The first kappa shape index (κ1) is 11.3. The Morgan fingerprint density at radius 1 is 1.00 bits per heavy atom. The lowest BCUT2D eigenvalue weighted by Crippen LogP contribution is -2.17. The predicted molar refractivity (Wildman–Crippen MR) is 75.3 cm³/mol. The molecule has 2 aromatic rings. The van der Waals surface area contributed by atoms with E-state index >= 15 is 0 Å². The third-order valence-corrected chi connectivity index (χ3v) is 3.57. The first-order valence-electron chi connectivity index (χ1n) is 6.46. The minimum absolute atomic E-state index is 0.630. The summed E-state index contributed by atoms with van der Waals surface area (Å²) in [6.45, 7) is 0.925. The monoisotopic (exact) mass is 238 g/mol. The second kappa shape index (κ2) is 4.83. The molecular weight excluding hydrogens is 220 g/mol. The summed E-state index contributed by atoms with van der Waals surface area (Å²) in [5, 5.41) is 3.60. The van der Waals surface area contributed by atoms with Crippen LogP contribution in [0.3, 0.4) is 0 Å². The van der Waals surface area contributed by atoms with Crippen LogP contribution < -0.4 is 11.1 Å². The van der Waals surface area contributed by atoms with Gasteiger partial charge in [0.1, 0.15) is 0 Å². The zero-order valence-corrected chi connectivity index (χ0v) is 10.3. The molecule has 3 rings (SSSR count). The van der Waals surface area contributed by atoms with Crippen LogP contribution in [0, 0.1) is 0 Å². The van der Waals surface area contributed by atoms with Crippen molar-refractivity contribution in [2.24, 2.45) is 0 Å². The number of anilines is 1. The summed E-state index contributed by atoms with van der Waals surface area (Å²) in [6, 6.07) is 19.5. The van der Waals surface area contributed by atoms with Crippen molar-refractivity contribution < 1.29 is 0 Å². The van der Waals surface area contributed by atoms with E-state index in [9.17, 15) is 0 Å². The zero-order chi connectivity index (χ0) is 12.4. The lowest BCUT2D eigenvalue weighted by atomic mass is 10.1. The Hall–Kier alpha value is -1.80. The number of rotatable bonds is 4. The van der Waals surface area contributed by atoms with E-state index in [4.69, 9.17) is 5.73 Å². The van der Waals surface area contributed by atoms with Crippen LogP contribution in [0.5, 0.6) is 0 Å². The van der Waals surface area contributed by atoms with Crippen molar-refractivity contribution in [2.45, 2.75) is 24.9 Å². The summed E-state index contributed by atoms with van der Waals surface area (Å²) < 4.78 is 0. The Bertz CT molecular complexity index is 504. The maximum atomic E-state index is 5.67. The van der Waals surface area contributed by atoms with E-state index in [2.05, 4.69) is 47.8 Å². The van der Waals surface area contributed by atoms with E-state index in [1.807, 2.05) is 12.1 Å². The molecule has 0 aliphatic heterocycles. The summed E-state index contributed by atoms with van der Waals surface area (Å²) >= 11 is 0. The zero-order valence-electron chi connectivity index (χ0n) is 10.3. The fourth-order valence-electron chi connectivity index (χ4n) is 2.37. The highest BCUT2D eigenvalue weighted by molar-refractivity contribution is 5.39. The van der Waals surface area contributed by atoms with Crippen LogP contribution in [0.4, 0.5) is 5.69 Å². The van der Waals surface area contributed by atoms with Crippen molar-refractivity contribution in [1.29, 1.82) is 0 Å². The molecule has 2 heteroatoms. The van der Waals surface area contributed by atoms with Crippen LogP contribution in [0.15, 0.2) is 54.6 Å². The van der Waals surface area contributed by atoms with Gasteiger partial charge in [-0.15, -0.1) is 0 Å². The molecule has 3 N–H and O–H groups in total. The van der Waals surface area contributed by atoms with Crippen molar-refractivity contribution in [3.63, 3.8) is 0 Å². The van der Waals surface area contributed by atoms with Gasteiger partial charge in [0.15, 0.2) is 0 Å². The fourth-order valence-corrected chi connectivity index (χ4v) is 2.37. The van der Waals surface area contributed by atoms with E-state index < -0.39 is 0 Å². The van der Waals surface area contributed by atoms with E-state index in [0.29, 0.717) is 12.0 Å². The van der Waals surface area contributed by atoms with Gasteiger partial charge in [-0.05, 0) is 29.7 Å². The number of nitrogens with two attached hydrogens (primary N) is 1. The number of benzene rings is 2. The smallest absolute Gasteiger partial charge is 0.0314 e. The summed E-state index contributed by atoms with van der Waals surface area (Å²) in [5.41, 5.74) is 9.24. The highest BCUT2D eigenvalue weighted by atomic mass is 15.0. The molecule has 2 atom stereocenters. The highest BCUT2D eigenvalue weighted by Crippen LogP contribution is 2.40. The molecule has 1 fully saturated rings. The van der Waals surface area contributed by atoms with Gasteiger partial charge in [0.05, 0.1) is 0 Å². The third kappa shape index (κ3) is 2.54. The first-order chi connectivity index (χ1) is 8.83. The van der Waals surface area contributed by atoms with Gasteiger partial charge in [-0.3, -0.25) is 0 Å². The molecule has 0 radical (unpaired) electrons. The Morgan fingerprint density at radius 2 is 1.72 bits per heavy atom. The molecule has 0 aromatic heterocycles. The molecule has 0 saturated heterocycles. The van der Waals surface area contributed by atoms with Crippen molar-refractivity contribution in [3.8, 4) is 0 Å². The number of nitrogens with one attached hydrogen (secondary N) is 1. The van der Waals surface area contributed by atoms with E-state index in [1.165, 1.54) is 17.5 Å². The van der Waals surface area contributed by atoms with Gasteiger partial charge in [-0.25, -0.2) is 0 Å². The van der Waals surface area contributed by atoms with Gasteiger partial charge < -0.3 is 11.1 Å². The summed E-state index contributed by atoms with van der Waals surface area (Å²) in [5.74, 6) is 0.694. The van der Waals surface area contributed by atoms with E-state index in [1.54, 1.807) is 0 Å². The first-order valence-corrected chi connectivity index (χ1v) is 6.46. The average Bonchev–Trinajstić information content (AvgIpc) is 3.19. The molecule has 1 aliphatic carbocycles. The van der Waals surface area contributed by atoms with Gasteiger partial charge in [-0.1, -0.05) is 42.5 Å². The normalized spacial score (nSPS) is 21.8. The van der Waals surface area contributed by atoms with Crippen LogP contribution in [0.1, 0.15) is 23.5 Å². The standard InChI is InChI=1S/C16H18N2/c17-14-8-6-12(7-9-14)11-18-16-10-15(16)13-4-2-1-3-5-13/h1-9,15-16,18H,10-11,17H2. The molecule has 2 aromatic carbocycles. The Kier molecular flexibility index (Phi) is 3.03. The largest absolute Gasteiger partial charge is 0.399 e. The van der Waals surface area contributed by atoms with E-state index in [0.717, 1.165) is 12.2 Å². The number of hydrogen-bond acceptors (Lipinski definition) is 2. The molecule has 0 heterocycles. The maximum absolute atomic E-state index is 5.67. The molecule has 0 amide bonds. The van der Waals surface area contributed by atoms with Crippen LogP contribution in [-0.4, -0.2) is 6.04 Å². The van der Waals surface area contributed by atoms with Gasteiger partial charge in [0.2, 0.25) is 0 Å². The molecular formula is C16H18N2. The Morgan fingerprint density at radius 3 is 2.44 bits per heavy atom. The van der Waals surface area contributed by atoms with Crippen LogP contribution >= 0.6 is 0 Å². The van der Waals surface area contributed by atoms with Gasteiger partial charge in [0.25, 0.3) is 0 Å². The lowest BCUT2D eigenvalue weighted by molar-refractivity contribution is 0.673. The van der Waals surface area contributed by atoms with Crippen LogP contribution in [-0.2, 0) is 6.54 Å². The Labute approximate surface area is 108 Å². The number of hydrogen-bond donors (Lipinski definition) is 2.